The number of carbonyl (C=O) groups excluding carboxylic acids is 5. The Hall–Kier alpha value is -3.63. The summed E-state index contributed by atoms with van der Waals surface area (Å²) in [5.41, 5.74) is 6.11. The van der Waals surface area contributed by atoms with Crippen molar-refractivity contribution in [3.05, 3.63) is 35.9 Å². The van der Waals surface area contributed by atoms with Gasteiger partial charge >= 0.3 is 6.09 Å². The molecule has 0 saturated carbocycles. The van der Waals surface area contributed by atoms with Gasteiger partial charge in [-0.15, -0.1) is 0 Å². The van der Waals surface area contributed by atoms with Gasteiger partial charge in [0.1, 0.15) is 25.2 Å². The molecule has 3 atom stereocenters. The molecule has 0 heterocycles. The molecule has 0 unspecified atom stereocenters. The molecule has 32 heavy (non-hydrogen) atoms. The molecule has 176 valence electrons. The highest BCUT2D eigenvalue weighted by molar-refractivity contribution is 5.93. The summed E-state index contributed by atoms with van der Waals surface area (Å²) in [6.45, 7) is 4.35. The SMILES string of the molecule is CC[C@H](C)[C@@H](NC(=O)[C@@H](C)NC(=O)CNC(=O)CNC(=O)OCc1ccccc1)C(N)=O. The summed E-state index contributed by atoms with van der Waals surface area (Å²) in [5, 5.41) is 9.51. The second-order valence-corrected chi connectivity index (χ2v) is 7.26. The smallest absolute Gasteiger partial charge is 0.407 e. The van der Waals surface area contributed by atoms with Crippen LogP contribution in [0.2, 0.25) is 0 Å². The normalized spacial score (nSPS) is 13.1. The van der Waals surface area contributed by atoms with Crippen LogP contribution in [-0.4, -0.2) is 54.9 Å². The molecule has 6 N–H and O–H groups in total. The molecule has 1 aromatic rings. The average Bonchev–Trinajstić information content (AvgIpc) is 2.78. The Morgan fingerprint density at radius 1 is 0.938 bits per heavy atom. The summed E-state index contributed by atoms with van der Waals surface area (Å²) in [6.07, 6.45) is -0.141. The van der Waals surface area contributed by atoms with Crippen LogP contribution in [0.3, 0.4) is 0 Å². The number of alkyl carbamates (subject to hydrolysis) is 1. The zero-order valence-electron chi connectivity index (χ0n) is 18.5. The van der Waals surface area contributed by atoms with Crippen molar-refractivity contribution in [3.8, 4) is 0 Å². The molecule has 0 aromatic heterocycles. The van der Waals surface area contributed by atoms with Crippen LogP contribution in [-0.2, 0) is 30.5 Å². The molecule has 11 heteroatoms. The third kappa shape index (κ3) is 9.92. The molecule has 1 rings (SSSR count). The van der Waals surface area contributed by atoms with Crippen LogP contribution in [0.25, 0.3) is 0 Å². The van der Waals surface area contributed by atoms with E-state index in [2.05, 4.69) is 21.3 Å². The van der Waals surface area contributed by atoms with Gasteiger partial charge in [0.05, 0.1) is 6.54 Å². The Bertz CT molecular complexity index is 801. The van der Waals surface area contributed by atoms with Crippen LogP contribution >= 0.6 is 0 Å². The predicted octanol–water partition coefficient (Wildman–Crippen LogP) is -0.450. The lowest BCUT2D eigenvalue weighted by molar-refractivity contribution is -0.132. The van der Waals surface area contributed by atoms with Gasteiger partial charge in [0.25, 0.3) is 0 Å². The van der Waals surface area contributed by atoms with E-state index < -0.39 is 48.4 Å². The van der Waals surface area contributed by atoms with Gasteiger partial charge in [0.2, 0.25) is 23.6 Å². The standard InChI is InChI=1S/C21H31N5O6/c1-4-13(2)18(19(22)29)26-20(30)14(3)25-17(28)11-23-16(27)10-24-21(31)32-12-15-8-6-5-7-9-15/h5-9,13-14,18H,4,10-12H2,1-3H3,(H2,22,29)(H,23,27)(H,24,31)(H,25,28)(H,26,30)/t13-,14+,18+/m0/s1. The maximum atomic E-state index is 12.2. The Morgan fingerprint density at radius 2 is 1.56 bits per heavy atom. The van der Waals surface area contributed by atoms with Gasteiger partial charge in [-0.2, -0.15) is 0 Å². The molecule has 0 bridgehead atoms. The lowest BCUT2D eigenvalue weighted by atomic mass is 9.98. The highest BCUT2D eigenvalue weighted by Crippen LogP contribution is 2.07. The highest BCUT2D eigenvalue weighted by Gasteiger charge is 2.26. The van der Waals surface area contributed by atoms with Crippen molar-refractivity contribution >= 4 is 29.7 Å². The molecule has 5 amide bonds. The van der Waals surface area contributed by atoms with Crippen molar-refractivity contribution in [3.63, 3.8) is 0 Å². The number of nitrogens with one attached hydrogen (secondary N) is 4. The zero-order valence-corrected chi connectivity index (χ0v) is 18.5. The van der Waals surface area contributed by atoms with Crippen LogP contribution in [0, 0.1) is 5.92 Å². The summed E-state index contributed by atoms with van der Waals surface area (Å²) < 4.78 is 4.97. The molecular weight excluding hydrogens is 418 g/mol. The Morgan fingerprint density at radius 3 is 2.16 bits per heavy atom. The van der Waals surface area contributed by atoms with Gasteiger partial charge < -0.3 is 31.7 Å². The molecule has 0 aliphatic heterocycles. The number of rotatable bonds is 12. The fourth-order valence-corrected chi connectivity index (χ4v) is 2.53. The Kier molecular flexibility index (Phi) is 11.2. The first-order valence-electron chi connectivity index (χ1n) is 10.2. The highest BCUT2D eigenvalue weighted by atomic mass is 16.5. The fraction of sp³-hybridized carbons (Fsp3) is 0.476. The van der Waals surface area contributed by atoms with Gasteiger partial charge in [-0.3, -0.25) is 19.2 Å². The third-order valence-electron chi connectivity index (χ3n) is 4.64. The zero-order chi connectivity index (χ0) is 24.1. The van der Waals surface area contributed by atoms with Crippen LogP contribution in [0.5, 0.6) is 0 Å². The quantitative estimate of drug-likeness (QED) is 0.289. The van der Waals surface area contributed by atoms with Gasteiger partial charge in [-0.25, -0.2) is 4.79 Å². The predicted molar refractivity (Wildman–Crippen MR) is 116 cm³/mol. The first-order valence-corrected chi connectivity index (χ1v) is 10.2. The Labute approximate surface area is 186 Å². The van der Waals surface area contributed by atoms with Crippen molar-refractivity contribution < 1.29 is 28.7 Å². The maximum absolute atomic E-state index is 12.2. The fourth-order valence-electron chi connectivity index (χ4n) is 2.53. The van der Waals surface area contributed by atoms with E-state index in [9.17, 15) is 24.0 Å². The summed E-state index contributed by atoms with van der Waals surface area (Å²) >= 11 is 0. The lowest BCUT2D eigenvalue weighted by Gasteiger charge is -2.23. The number of primary amides is 1. The van der Waals surface area contributed by atoms with Crippen LogP contribution < -0.4 is 27.0 Å². The van der Waals surface area contributed by atoms with E-state index in [0.29, 0.717) is 6.42 Å². The second kappa shape index (κ2) is 13.6. The summed E-state index contributed by atoms with van der Waals surface area (Å²) in [7, 11) is 0. The van der Waals surface area contributed by atoms with Gasteiger partial charge in [-0.05, 0) is 18.4 Å². The van der Waals surface area contributed by atoms with E-state index in [1.807, 2.05) is 13.0 Å². The summed E-state index contributed by atoms with van der Waals surface area (Å²) in [4.78, 5) is 59.1. The minimum absolute atomic E-state index is 0.0598. The number of benzene rings is 1. The van der Waals surface area contributed by atoms with Crippen LogP contribution in [0.1, 0.15) is 32.8 Å². The third-order valence-corrected chi connectivity index (χ3v) is 4.64. The van der Waals surface area contributed by atoms with Crippen molar-refractivity contribution in [2.45, 2.75) is 45.9 Å². The van der Waals surface area contributed by atoms with Gasteiger partial charge in [0.15, 0.2) is 0 Å². The van der Waals surface area contributed by atoms with Gasteiger partial charge in [-0.1, -0.05) is 50.6 Å². The minimum Gasteiger partial charge on any atom is -0.445 e. The number of ether oxygens (including phenoxy) is 1. The summed E-state index contributed by atoms with van der Waals surface area (Å²) in [5.74, 6) is -2.62. The largest absolute Gasteiger partial charge is 0.445 e. The van der Waals surface area contributed by atoms with Crippen molar-refractivity contribution in [2.24, 2.45) is 11.7 Å². The number of hydrogen-bond acceptors (Lipinski definition) is 6. The summed E-state index contributed by atoms with van der Waals surface area (Å²) in [6, 6.07) is 7.23. The molecule has 0 fully saturated rings. The second-order valence-electron chi connectivity index (χ2n) is 7.26. The molecule has 1 aromatic carbocycles. The minimum atomic E-state index is -0.948. The van der Waals surface area contributed by atoms with Crippen molar-refractivity contribution in [2.75, 3.05) is 13.1 Å². The van der Waals surface area contributed by atoms with Crippen LogP contribution in [0.4, 0.5) is 4.79 Å². The van der Waals surface area contributed by atoms with E-state index >= 15 is 0 Å². The van der Waals surface area contributed by atoms with Crippen molar-refractivity contribution in [1.29, 1.82) is 0 Å². The molecule has 0 aliphatic rings. The molecule has 0 radical (unpaired) electrons. The van der Waals surface area contributed by atoms with Crippen LogP contribution in [0.15, 0.2) is 30.3 Å². The molecule has 11 nitrogen and oxygen atoms in total. The van der Waals surface area contributed by atoms with E-state index in [0.717, 1.165) is 5.56 Å². The van der Waals surface area contributed by atoms with Gasteiger partial charge in [0, 0.05) is 0 Å². The van der Waals surface area contributed by atoms with E-state index in [4.69, 9.17) is 10.5 Å². The first kappa shape index (κ1) is 26.4. The number of nitrogens with two attached hydrogens (primary N) is 1. The average molecular weight is 450 g/mol. The van der Waals surface area contributed by atoms with E-state index in [-0.39, 0.29) is 19.1 Å². The molecular formula is C21H31N5O6. The number of amides is 5. The molecule has 0 saturated heterocycles. The number of carbonyl (C=O) groups is 5. The lowest BCUT2D eigenvalue weighted by Crippen LogP contribution is -2.55. The van der Waals surface area contributed by atoms with E-state index in [1.54, 1.807) is 31.2 Å². The van der Waals surface area contributed by atoms with E-state index in [1.165, 1.54) is 6.92 Å². The first-order chi connectivity index (χ1) is 15.1. The van der Waals surface area contributed by atoms with Crippen molar-refractivity contribution in [1.82, 2.24) is 21.3 Å². The monoisotopic (exact) mass is 449 g/mol. The topological polar surface area (TPSA) is 169 Å². The Balaban J connectivity index is 2.30. The molecule has 0 aliphatic carbocycles. The maximum Gasteiger partial charge on any atom is 0.407 e. The molecule has 0 spiro atoms. The number of hydrogen-bond donors (Lipinski definition) is 5.